The molecular weight excluding hydrogens is 570 g/mol. The summed E-state index contributed by atoms with van der Waals surface area (Å²) in [7, 11) is 0. The van der Waals surface area contributed by atoms with Crippen molar-refractivity contribution in [2.75, 3.05) is 19.7 Å². The lowest BCUT2D eigenvalue weighted by molar-refractivity contribution is -0.205. The second-order valence-electron chi connectivity index (χ2n) is 13.7. The zero-order chi connectivity index (χ0) is 30.3. The van der Waals surface area contributed by atoms with Gasteiger partial charge >= 0.3 is 0 Å². The Labute approximate surface area is 261 Å². The molecule has 3 aromatic carbocycles. The van der Waals surface area contributed by atoms with Gasteiger partial charge in [0.1, 0.15) is 5.60 Å². The SMILES string of the molecule is Oc1ccc2c3c1O[C@H]1c4ncc(-c5ccc(F)c(F)c5)cc4C[C@@]4(OCCCc5ccccc5)[C@@H](C2)N(CC2CC2)CC[C@]314. The number of halogens is 2. The average molecular weight is 607 g/mol. The van der Waals surface area contributed by atoms with E-state index < -0.39 is 28.8 Å². The molecule has 45 heavy (non-hydrogen) atoms. The minimum atomic E-state index is -0.877. The van der Waals surface area contributed by atoms with Crippen molar-refractivity contribution < 1.29 is 23.4 Å². The highest BCUT2D eigenvalue weighted by Gasteiger charge is 2.73. The summed E-state index contributed by atoms with van der Waals surface area (Å²) in [5, 5.41) is 11.1. The van der Waals surface area contributed by atoms with Gasteiger partial charge in [0.05, 0.1) is 11.1 Å². The molecule has 9 rings (SSSR count). The number of piperidine rings is 1. The molecule has 5 nitrogen and oxygen atoms in total. The summed E-state index contributed by atoms with van der Waals surface area (Å²) in [6.07, 6.45) is 8.04. The summed E-state index contributed by atoms with van der Waals surface area (Å²) in [6.45, 7) is 2.63. The lowest BCUT2D eigenvalue weighted by Gasteiger charge is -2.64. The monoisotopic (exact) mass is 606 g/mol. The molecule has 2 fully saturated rings. The number of benzene rings is 3. The number of rotatable bonds is 8. The van der Waals surface area contributed by atoms with Crippen LogP contribution in [0.3, 0.4) is 0 Å². The van der Waals surface area contributed by atoms with Gasteiger partial charge in [0.2, 0.25) is 0 Å². The number of phenolic OH excluding ortho intramolecular Hbond substituents is 1. The number of ether oxygens (including phenoxy) is 2. The molecule has 1 aromatic heterocycles. The maximum atomic E-state index is 14.3. The van der Waals surface area contributed by atoms with Crippen molar-refractivity contribution in [3.63, 3.8) is 0 Å². The van der Waals surface area contributed by atoms with Crippen LogP contribution in [0.2, 0.25) is 0 Å². The fraction of sp³-hybridized carbons (Fsp3) is 0.395. The molecule has 1 spiro atoms. The van der Waals surface area contributed by atoms with Gasteiger partial charge in [-0.2, -0.15) is 0 Å². The van der Waals surface area contributed by atoms with Crippen LogP contribution in [0.15, 0.2) is 72.9 Å². The van der Waals surface area contributed by atoms with Crippen LogP contribution >= 0.6 is 0 Å². The highest BCUT2D eigenvalue weighted by molar-refractivity contribution is 5.67. The van der Waals surface area contributed by atoms with Crippen LogP contribution in [0.4, 0.5) is 8.78 Å². The molecule has 7 heteroatoms. The largest absolute Gasteiger partial charge is 0.504 e. The third-order valence-corrected chi connectivity index (χ3v) is 11.3. The van der Waals surface area contributed by atoms with Crippen molar-refractivity contribution >= 4 is 0 Å². The third kappa shape index (κ3) is 4.06. The third-order valence-electron chi connectivity index (χ3n) is 11.3. The zero-order valence-corrected chi connectivity index (χ0v) is 25.1. The number of aryl methyl sites for hydroxylation is 1. The molecule has 0 amide bonds. The Bertz CT molecular complexity index is 1810. The summed E-state index contributed by atoms with van der Waals surface area (Å²) >= 11 is 0. The van der Waals surface area contributed by atoms with Crippen LogP contribution in [0.25, 0.3) is 11.1 Å². The van der Waals surface area contributed by atoms with E-state index in [2.05, 4.69) is 41.3 Å². The summed E-state index contributed by atoms with van der Waals surface area (Å²) in [5.74, 6) is -0.276. The van der Waals surface area contributed by atoms with Crippen molar-refractivity contribution in [1.29, 1.82) is 0 Å². The van der Waals surface area contributed by atoms with Crippen LogP contribution < -0.4 is 4.74 Å². The molecule has 2 bridgehead atoms. The Morgan fingerprint density at radius 2 is 1.84 bits per heavy atom. The topological polar surface area (TPSA) is 54.8 Å². The zero-order valence-electron chi connectivity index (χ0n) is 25.1. The molecule has 1 saturated carbocycles. The minimum Gasteiger partial charge on any atom is -0.504 e. The van der Waals surface area contributed by atoms with Crippen molar-refractivity contribution in [3.05, 3.63) is 113 Å². The Morgan fingerprint density at radius 1 is 0.978 bits per heavy atom. The smallest absolute Gasteiger partial charge is 0.166 e. The van der Waals surface area contributed by atoms with Crippen LogP contribution in [0.1, 0.15) is 59.7 Å². The average Bonchev–Trinajstić information content (AvgIpc) is 3.80. The Morgan fingerprint density at radius 3 is 2.67 bits per heavy atom. The Balaban J connectivity index is 1.18. The van der Waals surface area contributed by atoms with E-state index in [0.717, 1.165) is 67.1 Å². The van der Waals surface area contributed by atoms with Crippen LogP contribution in [0.5, 0.6) is 11.5 Å². The maximum absolute atomic E-state index is 14.3. The highest BCUT2D eigenvalue weighted by Crippen LogP contribution is 2.69. The predicted octanol–water partition coefficient (Wildman–Crippen LogP) is 7.09. The fourth-order valence-electron chi connectivity index (χ4n) is 9.09. The van der Waals surface area contributed by atoms with E-state index in [0.29, 0.717) is 24.3 Å². The normalized spacial score (nSPS) is 27.5. The number of aromatic hydroxyl groups is 1. The second-order valence-corrected chi connectivity index (χ2v) is 13.7. The molecule has 3 heterocycles. The van der Waals surface area contributed by atoms with E-state index >= 15 is 0 Å². The number of pyridine rings is 1. The van der Waals surface area contributed by atoms with Crippen molar-refractivity contribution in [2.45, 2.75) is 68.1 Å². The van der Waals surface area contributed by atoms with Gasteiger partial charge in [0.25, 0.3) is 0 Å². The van der Waals surface area contributed by atoms with Gasteiger partial charge in [-0.25, -0.2) is 8.78 Å². The van der Waals surface area contributed by atoms with E-state index in [1.165, 1.54) is 36.1 Å². The van der Waals surface area contributed by atoms with E-state index in [1.807, 2.05) is 6.07 Å². The Kier molecular flexibility index (Phi) is 6.17. The number of likely N-dealkylation sites (tertiary alicyclic amines) is 1. The molecule has 1 N–H and O–H groups in total. The molecule has 4 aromatic rings. The van der Waals surface area contributed by atoms with E-state index in [1.54, 1.807) is 18.3 Å². The van der Waals surface area contributed by atoms with Gasteiger partial charge in [-0.05, 0) is 97.5 Å². The molecule has 230 valence electrons. The summed E-state index contributed by atoms with van der Waals surface area (Å²) in [4.78, 5) is 7.67. The Hall–Kier alpha value is -3.81. The molecule has 0 unspecified atom stereocenters. The van der Waals surface area contributed by atoms with E-state index in [9.17, 15) is 13.9 Å². The first-order valence-corrected chi connectivity index (χ1v) is 16.3. The molecule has 1 saturated heterocycles. The highest BCUT2D eigenvalue weighted by atomic mass is 19.2. The summed E-state index contributed by atoms with van der Waals surface area (Å²) < 4.78 is 42.3. The molecule has 3 aliphatic carbocycles. The minimum absolute atomic E-state index is 0.137. The molecular formula is C38H36F2N2O3. The molecule has 5 aliphatic rings. The van der Waals surface area contributed by atoms with Gasteiger partial charge in [-0.15, -0.1) is 0 Å². The summed E-state index contributed by atoms with van der Waals surface area (Å²) in [6, 6.07) is 20.6. The van der Waals surface area contributed by atoms with Crippen LogP contribution in [-0.4, -0.2) is 46.3 Å². The predicted molar refractivity (Wildman–Crippen MR) is 166 cm³/mol. The summed E-state index contributed by atoms with van der Waals surface area (Å²) in [5.41, 5.74) is 5.72. The van der Waals surface area contributed by atoms with Crippen molar-refractivity contribution in [1.82, 2.24) is 9.88 Å². The van der Waals surface area contributed by atoms with Crippen molar-refractivity contribution in [2.24, 2.45) is 5.92 Å². The first kappa shape index (κ1) is 27.5. The molecule has 0 radical (unpaired) electrons. The first-order chi connectivity index (χ1) is 22.0. The van der Waals surface area contributed by atoms with Crippen LogP contribution in [0, 0.1) is 17.6 Å². The standard InChI is InChI=1S/C38H36F2N2O3/c39-29-12-10-25(18-30(29)40)28-17-27-20-38(44-16-4-7-23-5-2-1-3-6-23)32-19-26-11-13-31(43)35-33(26)37(38,36(45-35)34(27)41-21-28)14-15-42(32)22-24-8-9-24/h1-3,5-6,10-13,17-18,21,24,32,36,43H,4,7-9,14-16,19-20,22H2/t32-,36+,37+,38-/m1/s1. The van der Waals surface area contributed by atoms with Gasteiger partial charge < -0.3 is 14.6 Å². The van der Waals surface area contributed by atoms with Gasteiger partial charge in [-0.3, -0.25) is 9.88 Å². The number of hydrogen-bond donors (Lipinski definition) is 1. The van der Waals surface area contributed by atoms with Gasteiger partial charge in [-0.1, -0.05) is 42.5 Å². The lowest BCUT2D eigenvalue weighted by Crippen LogP contribution is -2.75. The van der Waals surface area contributed by atoms with Crippen LogP contribution in [-0.2, 0) is 29.4 Å². The maximum Gasteiger partial charge on any atom is 0.166 e. The number of fused-ring (bicyclic) bond motifs is 2. The van der Waals surface area contributed by atoms with Crippen molar-refractivity contribution in [3.8, 4) is 22.6 Å². The second kappa shape index (κ2) is 10.1. The number of nitrogens with zero attached hydrogens (tertiary/aromatic N) is 2. The quantitative estimate of drug-likeness (QED) is 0.217. The van der Waals surface area contributed by atoms with Gasteiger partial charge in [0.15, 0.2) is 29.2 Å². The number of aromatic nitrogens is 1. The fourth-order valence-corrected chi connectivity index (χ4v) is 9.09. The lowest BCUT2D eigenvalue weighted by atomic mass is 9.48. The van der Waals surface area contributed by atoms with E-state index in [-0.39, 0.29) is 11.8 Å². The molecule has 2 aliphatic heterocycles. The number of hydrogen-bond acceptors (Lipinski definition) is 5. The van der Waals surface area contributed by atoms with E-state index in [4.69, 9.17) is 14.5 Å². The molecule has 4 atom stereocenters. The number of phenols is 1. The first-order valence-electron chi connectivity index (χ1n) is 16.3. The van der Waals surface area contributed by atoms with Gasteiger partial charge in [0, 0.05) is 42.9 Å².